The summed E-state index contributed by atoms with van der Waals surface area (Å²) in [6.07, 6.45) is 2.69. The molecule has 0 radical (unpaired) electrons. The minimum absolute atomic E-state index is 0.0576. The number of carbonyl (C=O) groups excluding carboxylic acids is 2. The van der Waals surface area contributed by atoms with Gasteiger partial charge in [0.05, 0.1) is 4.92 Å². The fraction of sp³-hybridized carbons (Fsp3) is 0.150. The molecule has 0 saturated heterocycles. The van der Waals surface area contributed by atoms with E-state index in [2.05, 4.69) is 16.0 Å². The van der Waals surface area contributed by atoms with Crippen LogP contribution in [0.2, 0.25) is 0 Å². The number of carbonyl (C=O) groups is 2. The molecule has 2 aromatic carbocycles. The lowest BCUT2D eigenvalue weighted by atomic mass is 10.2. The molecule has 0 aliphatic heterocycles. The number of thiocarbonyl (C=S) groups is 1. The number of nitrogens with one attached hydrogen (secondary N) is 3. The van der Waals surface area contributed by atoms with Crippen LogP contribution in [0.25, 0.3) is 6.08 Å². The normalized spacial score (nSPS) is 10.6. The van der Waals surface area contributed by atoms with Crippen molar-refractivity contribution < 1.29 is 14.5 Å². The Kier molecular flexibility index (Phi) is 7.55. The molecule has 0 spiro atoms. The third-order valence-corrected chi connectivity index (χ3v) is 3.88. The van der Waals surface area contributed by atoms with Crippen molar-refractivity contribution in [3.8, 4) is 0 Å². The van der Waals surface area contributed by atoms with Crippen LogP contribution in [0.3, 0.4) is 0 Å². The number of benzene rings is 2. The molecule has 8 nitrogen and oxygen atoms in total. The van der Waals surface area contributed by atoms with Gasteiger partial charge in [0, 0.05) is 35.5 Å². The lowest BCUT2D eigenvalue weighted by molar-refractivity contribution is -0.384. The van der Waals surface area contributed by atoms with Crippen molar-refractivity contribution in [2.45, 2.75) is 13.8 Å². The maximum atomic E-state index is 12.0. The second-order valence-electron chi connectivity index (χ2n) is 6.35. The largest absolute Gasteiger partial charge is 0.332 e. The Morgan fingerprint density at radius 1 is 1.07 bits per heavy atom. The van der Waals surface area contributed by atoms with Gasteiger partial charge in [-0.2, -0.15) is 0 Å². The molecule has 0 fully saturated rings. The van der Waals surface area contributed by atoms with E-state index in [0.29, 0.717) is 16.9 Å². The number of nitrogens with zero attached hydrogens (tertiary/aromatic N) is 1. The van der Waals surface area contributed by atoms with Crippen LogP contribution < -0.4 is 16.0 Å². The maximum absolute atomic E-state index is 12.0. The molecule has 0 unspecified atom stereocenters. The summed E-state index contributed by atoms with van der Waals surface area (Å²) in [7, 11) is 0. The van der Waals surface area contributed by atoms with Gasteiger partial charge >= 0.3 is 0 Å². The van der Waals surface area contributed by atoms with Gasteiger partial charge in [-0.1, -0.05) is 26.0 Å². The molecule has 9 heteroatoms. The van der Waals surface area contributed by atoms with E-state index in [1.807, 2.05) is 0 Å². The van der Waals surface area contributed by atoms with Crippen LogP contribution in [-0.2, 0) is 9.59 Å². The topological polar surface area (TPSA) is 113 Å². The standard InChI is InChI=1S/C20H20N4O4S/c1-13(2)19(26)21-15-7-9-16(10-8-15)22-20(29)23-18(25)11-6-14-4-3-5-17(12-14)24(27)28/h3-13H,1-2H3,(H,21,26)(H2,22,23,25,29)/b11-6+. The first-order valence-corrected chi connectivity index (χ1v) is 9.11. The van der Waals surface area contributed by atoms with Crippen molar-refractivity contribution in [2.75, 3.05) is 10.6 Å². The van der Waals surface area contributed by atoms with Crippen molar-refractivity contribution in [3.05, 3.63) is 70.3 Å². The first kappa shape index (κ1) is 21.7. The predicted molar refractivity (Wildman–Crippen MR) is 116 cm³/mol. The first-order chi connectivity index (χ1) is 13.7. The minimum atomic E-state index is -0.504. The fourth-order valence-electron chi connectivity index (χ4n) is 2.15. The second kappa shape index (κ2) is 10.1. The van der Waals surface area contributed by atoms with Gasteiger partial charge in [0.2, 0.25) is 11.8 Å². The Bertz CT molecular complexity index is 955. The molecule has 3 N–H and O–H groups in total. The van der Waals surface area contributed by atoms with Crippen molar-refractivity contribution in [1.82, 2.24) is 5.32 Å². The third-order valence-electron chi connectivity index (χ3n) is 3.68. The highest BCUT2D eigenvalue weighted by Crippen LogP contribution is 2.15. The smallest absolute Gasteiger partial charge is 0.270 e. The molecule has 29 heavy (non-hydrogen) atoms. The van der Waals surface area contributed by atoms with Gasteiger partial charge in [-0.25, -0.2) is 0 Å². The summed E-state index contributed by atoms with van der Waals surface area (Å²) in [5, 5.41) is 19.0. The summed E-state index contributed by atoms with van der Waals surface area (Å²) in [5.74, 6) is -0.676. The van der Waals surface area contributed by atoms with Crippen molar-refractivity contribution >= 4 is 52.3 Å². The minimum Gasteiger partial charge on any atom is -0.332 e. The van der Waals surface area contributed by atoms with Crippen LogP contribution in [0.1, 0.15) is 19.4 Å². The van der Waals surface area contributed by atoms with Crippen LogP contribution in [0.4, 0.5) is 17.1 Å². The van der Waals surface area contributed by atoms with E-state index in [9.17, 15) is 19.7 Å². The zero-order valence-corrected chi connectivity index (χ0v) is 16.7. The number of hydrogen-bond donors (Lipinski definition) is 3. The highest BCUT2D eigenvalue weighted by Gasteiger charge is 2.08. The van der Waals surface area contributed by atoms with E-state index in [0.717, 1.165) is 0 Å². The molecule has 0 aliphatic rings. The Morgan fingerprint density at radius 2 is 1.69 bits per heavy atom. The molecule has 0 saturated carbocycles. The van der Waals surface area contributed by atoms with Crippen LogP contribution in [0.5, 0.6) is 0 Å². The molecule has 2 amide bonds. The molecule has 150 valence electrons. The lowest BCUT2D eigenvalue weighted by Gasteiger charge is -2.10. The number of anilines is 2. The monoisotopic (exact) mass is 412 g/mol. The van der Waals surface area contributed by atoms with E-state index in [1.165, 1.54) is 30.4 Å². The molecular formula is C20H20N4O4S. The van der Waals surface area contributed by atoms with E-state index in [1.54, 1.807) is 44.2 Å². The van der Waals surface area contributed by atoms with E-state index < -0.39 is 10.8 Å². The summed E-state index contributed by atoms with van der Waals surface area (Å²) in [6.45, 7) is 3.61. The average Bonchev–Trinajstić information content (AvgIpc) is 2.68. The quantitative estimate of drug-likeness (QED) is 0.288. The van der Waals surface area contributed by atoms with E-state index >= 15 is 0 Å². The van der Waals surface area contributed by atoms with Gasteiger partial charge < -0.3 is 10.6 Å². The number of rotatable bonds is 6. The molecule has 2 aromatic rings. The third kappa shape index (κ3) is 7.15. The van der Waals surface area contributed by atoms with Crippen LogP contribution in [0, 0.1) is 16.0 Å². The molecule has 2 rings (SSSR count). The summed E-state index contributed by atoms with van der Waals surface area (Å²) in [6, 6.07) is 12.8. The Balaban J connectivity index is 1.88. The second-order valence-corrected chi connectivity index (χ2v) is 6.76. The zero-order valence-electron chi connectivity index (χ0n) is 15.8. The SMILES string of the molecule is CC(C)C(=O)Nc1ccc(NC(=S)NC(=O)/C=C/c2cccc([N+](=O)[O-])c2)cc1. The van der Waals surface area contributed by atoms with E-state index in [4.69, 9.17) is 12.2 Å². The van der Waals surface area contributed by atoms with E-state index in [-0.39, 0.29) is 22.6 Å². The Labute approximate surface area is 173 Å². The molecule has 0 aliphatic carbocycles. The van der Waals surface area contributed by atoms with Gasteiger partial charge in [-0.05, 0) is 48.1 Å². The number of nitro groups is 1. The molecule has 0 atom stereocenters. The number of nitro benzene ring substituents is 1. The molecular weight excluding hydrogens is 392 g/mol. The van der Waals surface area contributed by atoms with Gasteiger partial charge in [0.25, 0.3) is 5.69 Å². The molecule has 0 aromatic heterocycles. The van der Waals surface area contributed by atoms with Gasteiger partial charge in [0.1, 0.15) is 0 Å². The highest BCUT2D eigenvalue weighted by molar-refractivity contribution is 7.80. The van der Waals surface area contributed by atoms with Crippen molar-refractivity contribution in [3.63, 3.8) is 0 Å². The zero-order chi connectivity index (χ0) is 21.4. The lowest BCUT2D eigenvalue weighted by Crippen LogP contribution is -2.32. The summed E-state index contributed by atoms with van der Waals surface area (Å²) in [5.41, 5.74) is 1.76. The van der Waals surface area contributed by atoms with Crippen molar-refractivity contribution in [1.29, 1.82) is 0 Å². The summed E-state index contributed by atoms with van der Waals surface area (Å²) in [4.78, 5) is 33.9. The number of amides is 2. The van der Waals surface area contributed by atoms with Crippen molar-refractivity contribution in [2.24, 2.45) is 5.92 Å². The van der Waals surface area contributed by atoms with Gasteiger partial charge in [-0.15, -0.1) is 0 Å². The maximum Gasteiger partial charge on any atom is 0.270 e. The van der Waals surface area contributed by atoms with Crippen LogP contribution in [-0.4, -0.2) is 21.9 Å². The summed E-state index contributed by atoms with van der Waals surface area (Å²) < 4.78 is 0. The highest BCUT2D eigenvalue weighted by atomic mass is 32.1. The molecule has 0 heterocycles. The first-order valence-electron chi connectivity index (χ1n) is 8.70. The molecule has 0 bridgehead atoms. The Morgan fingerprint density at radius 3 is 2.28 bits per heavy atom. The predicted octanol–water partition coefficient (Wildman–Crippen LogP) is 3.72. The van der Waals surface area contributed by atoms with Gasteiger partial charge in [-0.3, -0.25) is 25.0 Å². The number of non-ortho nitro benzene ring substituents is 1. The fourth-order valence-corrected chi connectivity index (χ4v) is 2.37. The van der Waals surface area contributed by atoms with Crippen LogP contribution in [0.15, 0.2) is 54.6 Å². The summed E-state index contributed by atoms with van der Waals surface area (Å²) >= 11 is 5.10. The average molecular weight is 412 g/mol. The van der Waals surface area contributed by atoms with Gasteiger partial charge in [0.15, 0.2) is 5.11 Å². The Hall–Kier alpha value is -3.59. The van der Waals surface area contributed by atoms with Crippen LogP contribution >= 0.6 is 12.2 Å². The number of hydrogen-bond acceptors (Lipinski definition) is 5.